The molecule has 0 aliphatic carbocycles. The summed E-state index contributed by atoms with van der Waals surface area (Å²) in [7, 11) is 0. The molecule has 1 heterocycles. The molecule has 19 heteroatoms. The predicted octanol–water partition coefficient (Wildman–Crippen LogP) is 0.743. The second-order valence-electron chi connectivity index (χ2n) is 7.70. The molecule has 0 aliphatic heterocycles. The van der Waals surface area contributed by atoms with Gasteiger partial charge in [0.25, 0.3) is 5.69 Å². The monoisotopic (exact) mass is 577 g/mol. The molecule has 40 heavy (non-hydrogen) atoms. The van der Waals surface area contributed by atoms with E-state index in [9.17, 15) is 39.4 Å². The third-order valence-corrected chi connectivity index (χ3v) is 6.08. The fraction of sp³-hybridized carbons (Fsp3) is 0.238. The number of nitro groups is 2. The molecule has 4 N–H and O–H groups in total. The van der Waals surface area contributed by atoms with Crippen molar-refractivity contribution in [1.29, 1.82) is 0 Å². The van der Waals surface area contributed by atoms with E-state index in [0.717, 1.165) is 11.8 Å². The fourth-order valence-electron chi connectivity index (χ4n) is 3.05. The number of hydrogen-bond acceptors (Lipinski definition) is 13. The molecule has 210 valence electrons. The minimum Gasteiger partial charge on any atom is -0.480 e. The number of thioether (sulfide) groups is 1. The largest absolute Gasteiger partial charge is 0.480 e. The Balaban J connectivity index is 1.57. The summed E-state index contributed by atoms with van der Waals surface area (Å²) in [6, 6.07) is 6.48. The van der Waals surface area contributed by atoms with Crippen molar-refractivity contribution in [3.63, 3.8) is 0 Å². The second-order valence-corrected chi connectivity index (χ2v) is 8.76. The van der Waals surface area contributed by atoms with Crippen LogP contribution in [0, 0.1) is 20.2 Å². The number of aliphatic carboxylic acids is 1. The van der Waals surface area contributed by atoms with Crippen LogP contribution in [-0.2, 0) is 25.7 Å². The maximum atomic E-state index is 12.5. The van der Waals surface area contributed by atoms with E-state index in [1.807, 2.05) is 0 Å². The lowest BCUT2D eigenvalue weighted by Gasteiger charge is -2.18. The second kappa shape index (κ2) is 13.5. The smallest absolute Gasteiger partial charge is 0.407 e. The molecule has 3 rings (SSSR count). The number of alkyl carbamates (subject to hydrolysis) is 1. The summed E-state index contributed by atoms with van der Waals surface area (Å²) >= 11 is 0.958. The minimum absolute atomic E-state index is 0.0488. The number of ether oxygens (including phenoxy) is 1. The van der Waals surface area contributed by atoms with E-state index in [2.05, 4.69) is 30.9 Å². The first-order valence-corrected chi connectivity index (χ1v) is 12.0. The first-order valence-electron chi connectivity index (χ1n) is 11.0. The SMILES string of the molecule is O=C(O)CNC(=O)[C@H](CSc1ccc([N+](=O)[O-])c2nonc12)NC(=O)CNC(=O)OCc1ccc([N+](=O)[O-])cc1. The van der Waals surface area contributed by atoms with Gasteiger partial charge in [0.05, 0.1) is 9.85 Å². The number of amides is 3. The lowest BCUT2D eigenvalue weighted by molar-refractivity contribution is -0.384. The van der Waals surface area contributed by atoms with Crippen LogP contribution >= 0.6 is 11.8 Å². The van der Waals surface area contributed by atoms with Gasteiger partial charge in [-0.2, -0.15) is 0 Å². The standard InChI is InChI=1S/C21H19N7O11S/c29-16(7-23-21(33)38-9-11-1-3-12(4-2-11)27(34)35)24-13(20(32)22-8-17(30)31)10-40-15-6-5-14(28(36)37)18-19(15)26-39-25-18/h1-6,13H,7-10H2,(H,22,32)(H,23,33)(H,24,29)(H,30,31)/t13-/m0/s1. The first-order chi connectivity index (χ1) is 19.0. The Morgan fingerprint density at radius 2 is 1.68 bits per heavy atom. The van der Waals surface area contributed by atoms with Crippen molar-refractivity contribution in [3.8, 4) is 0 Å². The number of carbonyl (C=O) groups is 4. The zero-order valence-corrected chi connectivity index (χ0v) is 20.9. The molecule has 0 saturated carbocycles. The van der Waals surface area contributed by atoms with Gasteiger partial charge in [-0.3, -0.25) is 34.6 Å². The summed E-state index contributed by atoms with van der Waals surface area (Å²) in [6.45, 7) is -1.57. The van der Waals surface area contributed by atoms with Crippen LogP contribution in [0.4, 0.5) is 16.2 Å². The highest BCUT2D eigenvalue weighted by molar-refractivity contribution is 7.99. The van der Waals surface area contributed by atoms with E-state index >= 15 is 0 Å². The molecule has 0 saturated heterocycles. The number of non-ortho nitro benzene ring substituents is 2. The van der Waals surface area contributed by atoms with Crippen LogP contribution < -0.4 is 16.0 Å². The summed E-state index contributed by atoms with van der Waals surface area (Å²) < 4.78 is 9.53. The normalized spacial score (nSPS) is 11.3. The van der Waals surface area contributed by atoms with Gasteiger partial charge in [-0.25, -0.2) is 9.42 Å². The maximum absolute atomic E-state index is 12.5. The summed E-state index contributed by atoms with van der Waals surface area (Å²) in [5, 5.41) is 44.5. The number of carbonyl (C=O) groups excluding carboxylic acids is 3. The van der Waals surface area contributed by atoms with Crippen molar-refractivity contribution >= 4 is 58.0 Å². The zero-order chi connectivity index (χ0) is 29.2. The molecule has 0 unspecified atom stereocenters. The molecule has 0 fully saturated rings. The van der Waals surface area contributed by atoms with Gasteiger partial charge in [0.1, 0.15) is 25.7 Å². The van der Waals surface area contributed by atoms with Gasteiger partial charge in [0.2, 0.25) is 17.3 Å². The summed E-state index contributed by atoms with van der Waals surface area (Å²) in [6.07, 6.45) is -0.985. The van der Waals surface area contributed by atoms with Gasteiger partial charge in [0, 0.05) is 28.8 Å². The average Bonchev–Trinajstić information content (AvgIpc) is 3.41. The highest BCUT2D eigenvalue weighted by Gasteiger charge is 2.25. The third-order valence-electron chi connectivity index (χ3n) is 4.94. The van der Waals surface area contributed by atoms with Crippen molar-refractivity contribution in [2.24, 2.45) is 0 Å². The number of nitrogens with one attached hydrogen (secondary N) is 3. The van der Waals surface area contributed by atoms with Crippen molar-refractivity contribution in [2.75, 3.05) is 18.8 Å². The number of carboxylic acids is 1. The molecule has 0 spiro atoms. The predicted molar refractivity (Wildman–Crippen MR) is 133 cm³/mol. The Morgan fingerprint density at radius 3 is 2.33 bits per heavy atom. The number of hydrogen-bond donors (Lipinski definition) is 4. The quantitative estimate of drug-likeness (QED) is 0.124. The Kier molecular flexibility index (Phi) is 9.84. The highest BCUT2D eigenvalue weighted by Crippen LogP contribution is 2.31. The van der Waals surface area contributed by atoms with Gasteiger partial charge >= 0.3 is 17.7 Å². The van der Waals surface area contributed by atoms with Gasteiger partial charge in [-0.15, -0.1) is 11.8 Å². The Hall–Kier alpha value is -5.33. The van der Waals surface area contributed by atoms with E-state index in [1.165, 1.54) is 36.4 Å². The maximum Gasteiger partial charge on any atom is 0.407 e. The van der Waals surface area contributed by atoms with Crippen LogP contribution in [0.3, 0.4) is 0 Å². The highest BCUT2D eigenvalue weighted by atomic mass is 32.2. The lowest BCUT2D eigenvalue weighted by Crippen LogP contribution is -2.51. The van der Waals surface area contributed by atoms with E-state index in [0.29, 0.717) is 10.5 Å². The molecule has 1 atom stereocenters. The van der Waals surface area contributed by atoms with Crippen LogP contribution in [0.15, 0.2) is 45.9 Å². The number of nitro benzene ring substituents is 2. The van der Waals surface area contributed by atoms with Crippen molar-refractivity contribution in [1.82, 2.24) is 26.3 Å². The molecule has 18 nitrogen and oxygen atoms in total. The van der Waals surface area contributed by atoms with Crippen LogP contribution in [0.5, 0.6) is 0 Å². The molecular weight excluding hydrogens is 558 g/mol. The average molecular weight is 577 g/mol. The first kappa shape index (κ1) is 29.2. The summed E-state index contributed by atoms with van der Waals surface area (Å²) in [5.41, 5.74) is -0.105. The Labute approximate surface area is 226 Å². The van der Waals surface area contributed by atoms with Crippen molar-refractivity contribution in [2.45, 2.75) is 17.5 Å². The van der Waals surface area contributed by atoms with E-state index in [1.54, 1.807) is 0 Å². The molecule has 3 aromatic rings. The van der Waals surface area contributed by atoms with Gasteiger partial charge in [-0.1, -0.05) is 0 Å². The molecular formula is C21H19N7O11S. The number of rotatable bonds is 13. The van der Waals surface area contributed by atoms with Crippen molar-refractivity contribution < 1.29 is 43.5 Å². The number of fused-ring (bicyclic) bond motifs is 1. The molecule has 2 aromatic carbocycles. The van der Waals surface area contributed by atoms with Crippen LogP contribution in [0.2, 0.25) is 0 Å². The van der Waals surface area contributed by atoms with Crippen LogP contribution in [-0.4, -0.2) is 74.0 Å². The van der Waals surface area contributed by atoms with E-state index < -0.39 is 52.9 Å². The molecule has 1 aromatic heterocycles. The number of benzene rings is 2. The number of nitrogens with zero attached hydrogens (tertiary/aromatic N) is 4. The number of aromatic nitrogens is 2. The zero-order valence-electron chi connectivity index (χ0n) is 20.1. The molecule has 0 radical (unpaired) electrons. The van der Waals surface area contributed by atoms with E-state index in [4.69, 9.17) is 9.84 Å². The van der Waals surface area contributed by atoms with Gasteiger partial charge in [0.15, 0.2) is 5.52 Å². The summed E-state index contributed by atoms with van der Waals surface area (Å²) in [5.74, 6) is -3.16. The Morgan fingerprint density at radius 1 is 0.975 bits per heavy atom. The lowest BCUT2D eigenvalue weighted by atomic mass is 10.2. The van der Waals surface area contributed by atoms with Gasteiger partial charge in [-0.05, 0) is 34.1 Å². The molecule has 0 aliphatic rings. The van der Waals surface area contributed by atoms with Gasteiger partial charge < -0.3 is 25.8 Å². The minimum atomic E-state index is -1.32. The molecule has 3 amide bonds. The third kappa shape index (κ3) is 8.08. The Bertz CT molecular complexity index is 1440. The van der Waals surface area contributed by atoms with Crippen LogP contribution in [0.25, 0.3) is 11.0 Å². The topological polar surface area (TPSA) is 259 Å². The van der Waals surface area contributed by atoms with Crippen molar-refractivity contribution in [3.05, 3.63) is 62.2 Å². The van der Waals surface area contributed by atoms with Crippen LogP contribution in [0.1, 0.15) is 5.56 Å². The molecule has 0 bridgehead atoms. The van der Waals surface area contributed by atoms with E-state index in [-0.39, 0.29) is 34.8 Å². The number of carboxylic acid groups (broad SMARTS) is 1. The fourth-order valence-corrected chi connectivity index (χ4v) is 4.06. The summed E-state index contributed by atoms with van der Waals surface area (Å²) in [4.78, 5) is 68.7.